The summed E-state index contributed by atoms with van der Waals surface area (Å²) in [5.74, 6) is 0. The van der Waals surface area contributed by atoms with E-state index in [1.807, 2.05) is 13.8 Å². The van der Waals surface area contributed by atoms with Gasteiger partial charge in [0.05, 0.1) is 38.6 Å². The topological polar surface area (TPSA) is 60.0 Å². The molecular formula is C12H25F2NO4. The Kier molecular flexibility index (Phi) is 12.5. The molecule has 1 unspecified atom stereocenters. The van der Waals surface area contributed by atoms with Gasteiger partial charge in [-0.1, -0.05) is 0 Å². The third-order valence-corrected chi connectivity index (χ3v) is 2.04. The van der Waals surface area contributed by atoms with Crippen LogP contribution in [0.15, 0.2) is 0 Å². The van der Waals surface area contributed by atoms with Gasteiger partial charge in [0.15, 0.2) is 0 Å². The first-order valence-electron chi connectivity index (χ1n) is 6.46. The molecule has 0 fully saturated rings. The highest BCUT2D eigenvalue weighted by Crippen LogP contribution is 1.91. The Morgan fingerprint density at radius 1 is 1.05 bits per heavy atom. The van der Waals surface area contributed by atoms with Crippen molar-refractivity contribution in [2.75, 3.05) is 46.1 Å². The summed E-state index contributed by atoms with van der Waals surface area (Å²) in [5, 5.41) is 12.4. The van der Waals surface area contributed by atoms with E-state index in [4.69, 9.17) is 9.47 Å². The van der Waals surface area contributed by atoms with E-state index in [0.29, 0.717) is 26.3 Å². The summed E-state index contributed by atoms with van der Waals surface area (Å²) in [6.45, 7) is 5.43. The van der Waals surface area contributed by atoms with E-state index >= 15 is 0 Å². The van der Waals surface area contributed by atoms with Crippen LogP contribution in [-0.4, -0.2) is 69.9 Å². The van der Waals surface area contributed by atoms with Crippen molar-refractivity contribution in [1.82, 2.24) is 5.32 Å². The first-order valence-corrected chi connectivity index (χ1v) is 6.46. The maximum absolute atomic E-state index is 11.7. The van der Waals surface area contributed by atoms with Gasteiger partial charge >= 0.3 is 0 Å². The normalized spacial score (nSPS) is 13.4. The fraction of sp³-hybridized carbons (Fsp3) is 1.00. The lowest BCUT2D eigenvalue weighted by atomic mass is 10.4. The first-order chi connectivity index (χ1) is 9.02. The molecule has 0 aliphatic heterocycles. The Balaban J connectivity index is 3.19. The average molecular weight is 285 g/mol. The fourth-order valence-electron chi connectivity index (χ4n) is 1.21. The monoisotopic (exact) mass is 285 g/mol. The van der Waals surface area contributed by atoms with Crippen molar-refractivity contribution in [1.29, 1.82) is 0 Å². The summed E-state index contributed by atoms with van der Waals surface area (Å²) in [4.78, 5) is 0. The minimum Gasteiger partial charge on any atom is -0.389 e. The van der Waals surface area contributed by atoms with Gasteiger partial charge in [0, 0.05) is 13.1 Å². The summed E-state index contributed by atoms with van der Waals surface area (Å²) in [6, 6.07) is 0. The van der Waals surface area contributed by atoms with Gasteiger partial charge in [-0.3, -0.25) is 0 Å². The molecule has 0 bridgehead atoms. The van der Waals surface area contributed by atoms with Gasteiger partial charge in [-0.15, -0.1) is 0 Å². The molecule has 0 amide bonds. The number of rotatable bonds is 13. The van der Waals surface area contributed by atoms with Crippen LogP contribution in [0.5, 0.6) is 0 Å². The van der Waals surface area contributed by atoms with Crippen molar-refractivity contribution >= 4 is 0 Å². The minimum atomic E-state index is -2.44. The molecule has 19 heavy (non-hydrogen) atoms. The van der Waals surface area contributed by atoms with Crippen LogP contribution in [0.1, 0.15) is 13.8 Å². The third kappa shape index (κ3) is 15.6. The second kappa shape index (κ2) is 12.7. The highest BCUT2D eigenvalue weighted by Gasteiger charge is 2.04. The lowest BCUT2D eigenvalue weighted by molar-refractivity contribution is -0.0111. The smallest absolute Gasteiger partial charge is 0.261 e. The molecule has 1 atom stereocenters. The zero-order chi connectivity index (χ0) is 14.5. The number of hydrogen-bond donors (Lipinski definition) is 2. The molecule has 0 aliphatic rings. The predicted octanol–water partition coefficient (Wildman–Crippen LogP) is 0.660. The van der Waals surface area contributed by atoms with Crippen molar-refractivity contribution in [2.45, 2.75) is 32.5 Å². The van der Waals surface area contributed by atoms with Gasteiger partial charge in [-0.2, -0.15) is 0 Å². The van der Waals surface area contributed by atoms with Gasteiger partial charge in [0.2, 0.25) is 0 Å². The summed E-state index contributed by atoms with van der Waals surface area (Å²) >= 11 is 0. The number of halogens is 2. The molecule has 7 heteroatoms. The van der Waals surface area contributed by atoms with Gasteiger partial charge < -0.3 is 24.6 Å². The highest BCUT2D eigenvalue weighted by atomic mass is 19.3. The van der Waals surface area contributed by atoms with Gasteiger partial charge in [0.25, 0.3) is 6.43 Å². The van der Waals surface area contributed by atoms with Gasteiger partial charge in [-0.05, 0) is 13.8 Å². The standard InChI is InChI=1S/C12H25F2NO4/c1-10(2)19-6-5-18-8-11(16)7-15-3-4-17-9-12(13)14/h10-12,15-16H,3-9H2,1-2H3. The Morgan fingerprint density at radius 2 is 1.74 bits per heavy atom. The van der Waals surface area contributed by atoms with E-state index in [1.54, 1.807) is 0 Å². The number of ether oxygens (including phenoxy) is 3. The number of alkyl halides is 2. The molecule has 0 saturated carbocycles. The highest BCUT2D eigenvalue weighted by molar-refractivity contribution is 4.58. The molecule has 0 rings (SSSR count). The molecule has 0 radical (unpaired) electrons. The Labute approximate surface area is 113 Å². The Hall–Kier alpha value is -0.340. The van der Waals surface area contributed by atoms with Gasteiger partial charge in [0.1, 0.15) is 6.61 Å². The quantitative estimate of drug-likeness (QED) is 0.487. The second-order valence-electron chi connectivity index (χ2n) is 4.32. The molecule has 5 nitrogen and oxygen atoms in total. The molecule has 0 aromatic rings. The van der Waals surface area contributed by atoms with Crippen molar-refractivity contribution in [3.05, 3.63) is 0 Å². The lowest BCUT2D eigenvalue weighted by Crippen LogP contribution is -2.33. The minimum absolute atomic E-state index is 0.170. The van der Waals surface area contributed by atoms with E-state index < -0.39 is 19.1 Å². The van der Waals surface area contributed by atoms with Crippen LogP contribution in [0.3, 0.4) is 0 Å². The number of aliphatic hydroxyl groups excluding tert-OH is 1. The van der Waals surface area contributed by atoms with Crippen molar-refractivity contribution in [3.63, 3.8) is 0 Å². The maximum Gasteiger partial charge on any atom is 0.261 e. The molecule has 0 aromatic heterocycles. The molecule has 0 saturated heterocycles. The molecule has 0 aromatic carbocycles. The summed E-state index contributed by atoms with van der Waals surface area (Å²) in [7, 11) is 0. The van der Waals surface area contributed by atoms with Crippen molar-refractivity contribution in [2.24, 2.45) is 0 Å². The first kappa shape index (κ1) is 18.7. The van der Waals surface area contributed by atoms with Crippen LogP contribution in [0, 0.1) is 0 Å². The van der Waals surface area contributed by atoms with Gasteiger partial charge in [-0.25, -0.2) is 8.78 Å². The SMILES string of the molecule is CC(C)OCCOCC(O)CNCCOCC(F)F. The second-order valence-corrected chi connectivity index (χ2v) is 4.32. The van der Waals surface area contributed by atoms with E-state index in [9.17, 15) is 13.9 Å². The van der Waals surface area contributed by atoms with E-state index in [2.05, 4.69) is 10.1 Å². The van der Waals surface area contributed by atoms with Crippen LogP contribution in [-0.2, 0) is 14.2 Å². The van der Waals surface area contributed by atoms with E-state index in [0.717, 1.165) is 0 Å². The zero-order valence-corrected chi connectivity index (χ0v) is 11.6. The van der Waals surface area contributed by atoms with E-state index in [-0.39, 0.29) is 19.3 Å². The largest absolute Gasteiger partial charge is 0.389 e. The molecule has 0 aliphatic carbocycles. The van der Waals surface area contributed by atoms with E-state index in [1.165, 1.54) is 0 Å². The number of nitrogens with one attached hydrogen (secondary N) is 1. The number of aliphatic hydroxyl groups is 1. The summed E-state index contributed by atoms with van der Waals surface area (Å²) < 4.78 is 38.6. The molecule has 116 valence electrons. The van der Waals surface area contributed by atoms with Crippen LogP contribution >= 0.6 is 0 Å². The average Bonchev–Trinajstić information content (AvgIpc) is 2.32. The van der Waals surface area contributed by atoms with Crippen molar-refractivity contribution < 1.29 is 28.1 Å². The fourth-order valence-corrected chi connectivity index (χ4v) is 1.21. The Morgan fingerprint density at radius 3 is 2.37 bits per heavy atom. The Bertz CT molecular complexity index is 197. The van der Waals surface area contributed by atoms with Crippen LogP contribution in [0.2, 0.25) is 0 Å². The van der Waals surface area contributed by atoms with Crippen LogP contribution in [0.4, 0.5) is 8.78 Å². The maximum atomic E-state index is 11.7. The summed E-state index contributed by atoms with van der Waals surface area (Å²) in [5.41, 5.74) is 0. The van der Waals surface area contributed by atoms with Crippen molar-refractivity contribution in [3.8, 4) is 0 Å². The molecule has 0 spiro atoms. The molecular weight excluding hydrogens is 260 g/mol. The third-order valence-electron chi connectivity index (χ3n) is 2.04. The molecule has 2 N–H and O–H groups in total. The van der Waals surface area contributed by atoms with Crippen LogP contribution in [0.25, 0.3) is 0 Å². The number of hydrogen-bond acceptors (Lipinski definition) is 5. The molecule has 0 heterocycles. The predicted molar refractivity (Wildman–Crippen MR) is 67.6 cm³/mol. The zero-order valence-electron chi connectivity index (χ0n) is 11.6. The summed E-state index contributed by atoms with van der Waals surface area (Å²) in [6.07, 6.45) is -2.90. The van der Waals surface area contributed by atoms with Crippen LogP contribution < -0.4 is 5.32 Å². The lowest BCUT2D eigenvalue weighted by Gasteiger charge is -2.13.